The summed E-state index contributed by atoms with van der Waals surface area (Å²) in [5.41, 5.74) is 2.29. The Bertz CT molecular complexity index is 261. The molecule has 0 aliphatic carbocycles. The van der Waals surface area contributed by atoms with E-state index in [2.05, 4.69) is 25.7 Å². The van der Waals surface area contributed by atoms with Gasteiger partial charge in [-0.05, 0) is 6.92 Å². The molecule has 0 bridgehead atoms. The minimum atomic E-state index is 0. The average molecular weight is 218 g/mol. The van der Waals surface area contributed by atoms with Crippen LogP contribution in [0.1, 0.15) is 11.1 Å². The first-order chi connectivity index (χ1) is 4.83. The molecule has 0 unspecified atom stereocenters. The van der Waals surface area contributed by atoms with Crippen LogP contribution in [-0.2, 0) is 32.7 Å². The van der Waals surface area contributed by atoms with Crippen molar-refractivity contribution in [1.82, 2.24) is 0 Å². The second-order valence-electron chi connectivity index (χ2n) is 2.17. The van der Waals surface area contributed by atoms with E-state index in [1.165, 1.54) is 5.56 Å². The topological polar surface area (TPSA) is 0 Å². The Morgan fingerprint density at radius 1 is 1.18 bits per heavy atom. The summed E-state index contributed by atoms with van der Waals surface area (Å²) >= 11 is 0. The van der Waals surface area contributed by atoms with Crippen molar-refractivity contribution in [3.8, 4) is 11.8 Å². The predicted octanol–water partition coefficient (Wildman–Crippen LogP) is 2.18. The molecule has 0 aromatic heterocycles. The van der Waals surface area contributed by atoms with E-state index in [1.807, 2.05) is 24.3 Å². The number of aryl methyl sites for hydroxylation is 1. The minimum absolute atomic E-state index is 0. The minimum Gasteiger partial charge on any atom is -0.296 e. The zero-order valence-electron chi connectivity index (χ0n) is 6.59. The smallest absolute Gasteiger partial charge is 0.296 e. The fraction of sp³-hybridized carbons (Fsp3) is 0.100. The third-order valence-corrected chi connectivity index (χ3v) is 1.28. The van der Waals surface area contributed by atoms with Gasteiger partial charge in [-0.2, -0.15) is 6.92 Å². The van der Waals surface area contributed by atoms with E-state index in [1.54, 1.807) is 0 Å². The van der Waals surface area contributed by atoms with E-state index in [0.717, 1.165) is 5.56 Å². The van der Waals surface area contributed by atoms with E-state index in [9.17, 15) is 0 Å². The van der Waals surface area contributed by atoms with E-state index >= 15 is 0 Å². The average Bonchev–Trinajstić information content (AvgIpc) is 1.95. The summed E-state index contributed by atoms with van der Waals surface area (Å²) < 4.78 is 0. The monoisotopic (exact) mass is 218 g/mol. The van der Waals surface area contributed by atoms with Crippen molar-refractivity contribution in [3.63, 3.8) is 0 Å². The van der Waals surface area contributed by atoms with Crippen LogP contribution < -0.4 is 0 Å². The van der Waals surface area contributed by atoms with E-state index in [0.29, 0.717) is 0 Å². The molecule has 1 aromatic carbocycles. The van der Waals surface area contributed by atoms with Gasteiger partial charge in [-0.25, -0.2) is 0 Å². The standard InChI is InChI=1S/C10H9.Y/c1-3-4-10-7-5-9(2)6-8-10;/h5-8H,1H2,2H3;/q-1;+3. The normalized spacial score (nSPS) is 7.36. The van der Waals surface area contributed by atoms with Crippen molar-refractivity contribution in [2.45, 2.75) is 6.92 Å². The molecule has 0 aliphatic rings. The van der Waals surface area contributed by atoms with E-state index in [4.69, 9.17) is 0 Å². The first-order valence-electron chi connectivity index (χ1n) is 3.17. The van der Waals surface area contributed by atoms with Crippen LogP contribution in [0.4, 0.5) is 0 Å². The zero-order valence-corrected chi connectivity index (χ0v) is 9.43. The molecule has 0 saturated carbocycles. The van der Waals surface area contributed by atoms with Crippen LogP contribution in [0.3, 0.4) is 0 Å². The van der Waals surface area contributed by atoms with E-state index < -0.39 is 0 Å². The summed E-state index contributed by atoms with van der Waals surface area (Å²) in [4.78, 5) is 0. The van der Waals surface area contributed by atoms with Gasteiger partial charge in [0.2, 0.25) is 0 Å². The number of hydrogen-bond acceptors (Lipinski definition) is 0. The van der Waals surface area contributed by atoms with Crippen LogP contribution >= 0.6 is 0 Å². The van der Waals surface area contributed by atoms with Crippen LogP contribution in [0, 0.1) is 25.7 Å². The van der Waals surface area contributed by atoms with Crippen LogP contribution in [0.25, 0.3) is 0 Å². The van der Waals surface area contributed by atoms with Gasteiger partial charge in [0.1, 0.15) is 0 Å². The summed E-state index contributed by atoms with van der Waals surface area (Å²) in [6.45, 7) is 5.50. The summed E-state index contributed by atoms with van der Waals surface area (Å²) in [6, 6.07) is 8.07. The molecular formula is C10H9Y+2. The first-order valence-corrected chi connectivity index (χ1v) is 3.17. The van der Waals surface area contributed by atoms with Crippen LogP contribution in [-0.4, -0.2) is 0 Å². The Kier molecular flexibility index (Phi) is 5.29. The summed E-state index contributed by atoms with van der Waals surface area (Å²) in [5, 5.41) is 0. The summed E-state index contributed by atoms with van der Waals surface area (Å²) in [6.07, 6.45) is 0. The quantitative estimate of drug-likeness (QED) is 0.462. The van der Waals surface area contributed by atoms with Crippen LogP contribution in [0.5, 0.6) is 0 Å². The Morgan fingerprint density at radius 3 is 2.18 bits per heavy atom. The Hall–Kier alpha value is -0.246. The molecule has 0 fully saturated rings. The molecule has 1 aromatic rings. The summed E-state index contributed by atoms with van der Waals surface area (Å²) in [7, 11) is 0. The van der Waals surface area contributed by atoms with Gasteiger partial charge in [-0.15, -0.1) is 0 Å². The van der Waals surface area contributed by atoms with Gasteiger partial charge in [0, 0.05) is 0 Å². The van der Waals surface area contributed by atoms with Crippen LogP contribution in [0.15, 0.2) is 24.3 Å². The Labute approximate surface area is 93.3 Å². The van der Waals surface area contributed by atoms with Gasteiger partial charge < -0.3 is 0 Å². The number of hydrogen-bond donors (Lipinski definition) is 0. The molecule has 50 valence electrons. The maximum absolute atomic E-state index is 3.44. The molecule has 0 saturated heterocycles. The Balaban J connectivity index is 0.000001000. The molecule has 0 atom stereocenters. The molecule has 0 heterocycles. The van der Waals surface area contributed by atoms with E-state index in [-0.39, 0.29) is 32.7 Å². The van der Waals surface area contributed by atoms with Crippen LogP contribution in [0.2, 0.25) is 0 Å². The second kappa shape index (κ2) is 5.41. The molecule has 0 N–H and O–H groups in total. The van der Waals surface area contributed by atoms with Crippen molar-refractivity contribution < 1.29 is 32.7 Å². The van der Waals surface area contributed by atoms with Gasteiger partial charge >= 0.3 is 32.7 Å². The van der Waals surface area contributed by atoms with Crippen molar-refractivity contribution >= 4 is 0 Å². The molecule has 0 nitrogen and oxygen atoms in total. The fourth-order valence-electron chi connectivity index (χ4n) is 0.739. The maximum Gasteiger partial charge on any atom is 3.00 e. The predicted molar refractivity (Wildman–Crippen MR) is 43.4 cm³/mol. The van der Waals surface area contributed by atoms with Crippen molar-refractivity contribution in [2.24, 2.45) is 0 Å². The maximum atomic E-state index is 3.44. The van der Waals surface area contributed by atoms with Crippen molar-refractivity contribution in [1.29, 1.82) is 0 Å². The molecule has 0 aliphatic heterocycles. The van der Waals surface area contributed by atoms with Gasteiger partial charge in [-0.3, -0.25) is 11.8 Å². The molecule has 11 heavy (non-hydrogen) atoms. The Morgan fingerprint density at radius 2 is 1.73 bits per heavy atom. The first kappa shape index (κ1) is 10.8. The van der Waals surface area contributed by atoms with Crippen molar-refractivity contribution in [3.05, 3.63) is 42.3 Å². The van der Waals surface area contributed by atoms with Gasteiger partial charge in [0.15, 0.2) is 0 Å². The zero-order chi connectivity index (χ0) is 7.40. The number of rotatable bonds is 0. The third kappa shape index (κ3) is 3.61. The van der Waals surface area contributed by atoms with Gasteiger partial charge in [0.05, 0.1) is 0 Å². The van der Waals surface area contributed by atoms with Gasteiger partial charge in [0.25, 0.3) is 0 Å². The molecular weight excluding hydrogens is 209 g/mol. The molecule has 0 radical (unpaired) electrons. The third-order valence-electron chi connectivity index (χ3n) is 1.28. The molecule has 0 spiro atoms. The largest absolute Gasteiger partial charge is 3.00 e. The fourth-order valence-corrected chi connectivity index (χ4v) is 0.739. The summed E-state index contributed by atoms with van der Waals surface area (Å²) in [5.74, 6) is 5.48. The van der Waals surface area contributed by atoms with Gasteiger partial charge in [-0.1, -0.05) is 35.4 Å². The molecule has 1 heteroatoms. The molecule has 1 rings (SSSR count). The SMILES string of the molecule is [CH2-]C#Cc1ccc(C)cc1.[Y+3]. The van der Waals surface area contributed by atoms with Crippen molar-refractivity contribution in [2.75, 3.05) is 0 Å². The second-order valence-corrected chi connectivity index (χ2v) is 2.17. The molecule has 0 amide bonds. The number of benzene rings is 1.